The lowest BCUT2D eigenvalue weighted by atomic mass is 9.95. The van der Waals surface area contributed by atoms with Crippen LogP contribution in [0.4, 0.5) is 22.0 Å². The van der Waals surface area contributed by atoms with Crippen LogP contribution in [0.25, 0.3) is 11.0 Å². The van der Waals surface area contributed by atoms with Gasteiger partial charge in [0.2, 0.25) is 5.91 Å². The zero-order valence-electron chi connectivity index (χ0n) is 18.5. The first kappa shape index (κ1) is 25.0. The van der Waals surface area contributed by atoms with E-state index in [1.807, 2.05) is 6.92 Å². The van der Waals surface area contributed by atoms with Crippen LogP contribution in [0.3, 0.4) is 0 Å². The summed E-state index contributed by atoms with van der Waals surface area (Å²) in [5.74, 6) is -3.14. The normalized spacial score (nSPS) is 20.0. The van der Waals surface area contributed by atoms with Crippen molar-refractivity contribution in [2.45, 2.75) is 64.0 Å². The van der Waals surface area contributed by atoms with Crippen LogP contribution in [0.15, 0.2) is 6.07 Å². The second kappa shape index (κ2) is 10.1. The van der Waals surface area contributed by atoms with Gasteiger partial charge < -0.3 is 19.5 Å². The van der Waals surface area contributed by atoms with Gasteiger partial charge in [-0.05, 0) is 32.6 Å². The Morgan fingerprint density at radius 2 is 1.88 bits per heavy atom. The molecule has 184 valence electrons. The number of imidazole rings is 1. The van der Waals surface area contributed by atoms with E-state index in [4.69, 9.17) is 9.47 Å². The Morgan fingerprint density at radius 3 is 2.48 bits per heavy atom. The number of hydrogen-bond donors (Lipinski definition) is 1. The number of fused-ring (bicyclic) bond motifs is 1. The van der Waals surface area contributed by atoms with Crippen molar-refractivity contribution in [3.05, 3.63) is 17.7 Å². The smallest absolute Gasteiger partial charge is 0.422 e. The van der Waals surface area contributed by atoms with Crippen molar-refractivity contribution in [2.75, 3.05) is 13.2 Å². The van der Waals surface area contributed by atoms with E-state index >= 15 is 0 Å². The Morgan fingerprint density at radius 1 is 1.24 bits per heavy atom. The highest BCUT2D eigenvalue weighted by atomic mass is 19.4. The summed E-state index contributed by atoms with van der Waals surface area (Å²) in [6, 6.07) is 0.399. The molecule has 0 bridgehead atoms. The van der Waals surface area contributed by atoms with E-state index in [-0.39, 0.29) is 41.2 Å². The number of aromatic nitrogens is 2. The minimum atomic E-state index is -4.69. The Kier molecular flexibility index (Phi) is 7.65. The number of alkyl halides is 3. The number of nitrogens with one attached hydrogen (secondary N) is 1. The Labute approximate surface area is 187 Å². The van der Waals surface area contributed by atoms with Crippen molar-refractivity contribution in [1.82, 2.24) is 14.9 Å². The van der Waals surface area contributed by atoms with Crippen LogP contribution in [-0.4, -0.2) is 53.1 Å². The number of benzene rings is 1. The Balaban J connectivity index is 1.63. The molecular formula is C21H26F5N3O4. The standard InChI is InChI=1S/C21H26F5N3O4/c1-11(27-12(2)30)9-31-13-4-6-14(7-5-13)33-20-28-18-15(22)8-16(32-10-21(24,25)26)17(23)19(18)29(20)3/h8,11,13-14H,4-7,9-10H2,1-3H3,(H,27,30)/t11-,13-,14-/m0/s1. The maximum Gasteiger partial charge on any atom is 0.422 e. The molecule has 7 nitrogen and oxygen atoms in total. The zero-order chi connectivity index (χ0) is 24.3. The van der Waals surface area contributed by atoms with Gasteiger partial charge >= 0.3 is 6.18 Å². The minimum absolute atomic E-state index is 0.00438. The predicted octanol–water partition coefficient (Wildman–Crippen LogP) is 4.02. The highest BCUT2D eigenvalue weighted by Crippen LogP contribution is 2.33. The van der Waals surface area contributed by atoms with Gasteiger partial charge in [0.1, 0.15) is 17.1 Å². The van der Waals surface area contributed by atoms with E-state index < -0.39 is 30.2 Å². The van der Waals surface area contributed by atoms with Crippen LogP contribution in [0.1, 0.15) is 39.5 Å². The maximum absolute atomic E-state index is 14.7. The molecule has 0 aliphatic heterocycles. The topological polar surface area (TPSA) is 74.6 Å². The van der Waals surface area contributed by atoms with Crippen LogP contribution >= 0.6 is 0 Å². The lowest BCUT2D eigenvalue weighted by molar-refractivity contribution is -0.153. The fourth-order valence-electron chi connectivity index (χ4n) is 3.76. The first-order chi connectivity index (χ1) is 15.4. The first-order valence-electron chi connectivity index (χ1n) is 10.5. The van der Waals surface area contributed by atoms with E-state index in [1.54, 1.807) is 0 Å². The van der Waals surface area contributed by atoms with Crippen LogP contribution in [0.5, 0.6) is 11.8 Å². The second-order valence-corrected chi connectivity index (χ2v) is 8.18. The van der Waals surface area contributed by atoms with Crippen molar-refractivity contribution >= 4 is 16.9 Å². The van der Waals surface area contributed by atoms with E-state index in [0.29, 0.717) is 38.4 Å². The number of nitrogens with zero attached hydrogens (tertiary/aromatic N) is 2. The Hall–Kier alpha value is -2.63. The molecule has 0 spiro atoms. The molecule has 3 rings (SSSR count). The van der Waals surface area contributed by atoms with Gasteiger partial charge in [0.25, 0.3) is 6.01 Å². The van der Waals surface area contributed by atoms with Gasteiger partial charge in [0.05, 0.1) is 12.7 Å². The summed E-state index contributed by atoms with van der Waals surface area (Å²) >= 11 is 0. The summed E-state index contributed by atoms with van der Waals surface area (Å²) < 4.78 is 83.6. The summed E-state index contributed by atoms with van der Waals surface area (Å²) in [5.41, 5.74) is -0.695. The summed E-state index contributed by atoms with van der Waals surface area (Å²) in [7, 11) is 1.39. The van der Waals surface area contributed by atoms with Gasteiger partial charge in [-0.2, -0.15) is 18.2 Å². The average molecular weight is 479 g/mol. The number of ether oxygens (including phenoxy) is 3. The molecule has 1 atom stereocenters. The molecule has 1 aromatic heterocycles. The van der Waals surface area contributed by atoms with Crippen molar-refractivity contribution in [3.8, 4) is 11.8 Å². The molecule has 0 saturated heterocycles. The lowest BCUT2D eigenvalue weighted by Crippen LogP contribution is -2.37. The summed E-state index contributed by atoms with van der Waals surface area (Å²) in [6.07, 6.45) is -2.33. The fourth-order valence-corrected chi connectivity index (χ4v) is 3.76. The largest absolute Gasteiger partial charge is 0.481 e. The number of halogens is 5. The van der Waals surface area contributed by atoms with E-state index in [0.717, 1.165) is 4.57 Å². The number of rotatable bonds is 8. The molecule has 1 saturated carbocycles. The number of carbonyl (C=O) groups excluding carboxylic acids is 1. The number of hydrogen-bond acceptors (Lipinski definition) is 5. The number of aryl methyl sites for hydroxylation is 1. The molecule has 1 heterocycles. The van der Waals surface area contributed by atoms with Crippen molar-refractivity contribution in [2.24, 2.45) is 7.05 Å². The summed E-state index contributed by atoms with van der Waals surface area (Å²) in [5, 5.41) is 2.75. The van der Waals surface area contributed by atoms with Crippen LogP contribution in [0.2, 0.25) is 0 Å². The van der Waals surface area contributed by atoms with Gasteiger partial charge in [-0.25, -0.2) is 8.78 Å². The predicted molar refractivity (Wildman–Crippen MR) is 108 cm³/mol. The maximum atomic E-state index is 14.7. The average Bonchev–Trinajstić information content (AvgIpc) is 3.05. The lowest BCUT2D eigenvalue weighted by Gasteiger charge is -2.29. The highest BCUT2D eigenvalue weighted by molar-refractivity contribution is 5.80. The first-order valence-corrected chi connectivity index (χ1v) is 10.5. The molecular weight excluding hydrogens is 453 g/mol. The zero-order valence-corrected chi connectivity index (χ0v) is 18.5. The molecule has 0 unspecified atom stereocenters. The van der Waals surface area contributed by atoms with Gasteiger partial charge in [0.15, 0.2) is 24.0 Å². The molecule has 1 fully saturated rings. The fraction of sp³-hybridized carbons (Fsp3) is 0.619. The van der Waals surface area contributed by atoms with Gasteiger partial charge in [-0.3, -0.25) is 9.36 Å². The van der Waals surface area contributed by atoms with Crippen molar-refractivity contribution in [3.63, 3.8) is 0 Å². The summed E-state index contributed by atoms with van der Waals surface area (Å²) in [6.45, 7) is 1.93. The molecule has 33 heavy (non-hydrogen) atoms. The van der Waals surface area contributed by atoms with Crippen LogP contribution in [0, 0.1) is 11.6 Å². The van der Waals surface area contributed by atoms with Crippen molar-refractivity contribution < 1.29 is 41.0 Å². The second-order valence-electron chi connectivity index (χ2n) is 8.18. The van der Waals surface area contributed by atoms with E-state index in [1.165, 1.54) is 14.0 Å². The van der Waals surface area contributed by atoms with Crippen molar-refractivity contribution in [1.29, 1.82) is 0 Å². The molecule has 1 N–H and O–H groups in total. The highest BCUT2D eigenvalue weighted by Gasteiger charge is 2.31. The Bertz CT molecular complexity index is 987. The van der Waals surface area contributed by atoms with E-state index in [9.17, 15) is 26.7 Å². The third kappa shape index (κ3) is 6.46. The molecule has 12 heteroatoms. The molecule has 1 aliphatic carbocycles. The minimum Gasteiger partial charge on any atom is -0.481 e. The summed E-state index contributed by atoms with van der Waals surface area (Å²) in [4.78, 5) is 15.1. The quantitative estimate of drug-likeness (QED) is 0.579. The molecule has 1 aromatic carbocycles. The van der Waals surface area contributed by atoms with Gasteiger partial charge in [0, 0.05) is 26.1 Å². The SMILES string of the molecule is CC(=O)N[C@@H](C)CO[C@H]1CC[C@H](Oc2nc3c(F)cc(OCC(F)(F)F)c(F)c3n2C)CC1. The monoisotopic (exact) mass is 479 g/mol. The third-order valence-corrected chi connectivity index (χ3v) is 5.28. The van der Waals surface area contributed by atoms with Crippen LogP contribution < -0.4 is 14.8 Å². The molecule has 2 aromatic rings. The number of amides is 1. The molecule has 0 radical (unpaired) electrons. The van der Waals surface area contributed by atoms with Gasteiger partial charge in [-0.1, -0.05) is 0 Å². The van der Waals surface area contributed by atoms with Crippen LogP contribution in [-0.2, 0) is 16.6 Å². The number of carbonyl (C=O) groups is 1. The molecule has 1 amide bonds. The third-order valence-electron chi connectivity index (χ3n) is 5.28. The van der Waals surface area contributed by atoms with E-state index in [2.05, 4.69) is 15.0 Å². The van der Waals surface area contributed by atoms with Gasteiger partial charge in [-0.15, -0.1) is 0 Å². The molecule has 1 aliphatic rings.